The van der Waals surface area contributed by atoms with Gasteiger partial charge in [0.05, 0.1) is 11.3 Å². The van der Waals surface area contributed by atoms with Gasteiger partial charge in [0.2, 0.25) is 0 Å². The van der Waals surface area contributed by atoms with Crippen LogP contribution in [0.5, 0.6) is 0 Å². The second-order valence-corrected chi connectivity index (χ2v) is 5.13. The minimum atomic E-state index is -0.559. The third-order valence-corrected chi connectivity index (χ3v) is 2.23. The van der Waals surface area contributed by atoms with E-state index in [1.807, 2.05) is 6.07 Å². The molecule has 1 amide bonds. The van der Waals surface area contributed by atoms with Crippen LogP contribution in [0.15, 0.2) is 18.2 Å². The molecular weight excluding hydrogens is 261 g/mol. The Kier molecular flexibility index (Phi) is 5.32. The van der Waals surface area contributed by atoms with Gasteiger partial charge in [-0.2, -0.15) is 5.26 Å². The fraction of sp³-hybridized carbons (Fsp3) is 0.429. The highest BCUT2D eigenvalue weighted by molar-refractivity contribution is 5.67. The van der Waals surface area contributed by atoms with Crippen LogP contribution in [0.3, 0.4) is 0 Å². The number of rotatable bonds is 4. The van der Waals surface area contributed by atoms with Gasteiger partial charge in [0, 0.05) is 13.1 Å². The Morgan fingerprint density at radius 3 is 2.70 bits per heavy atom. The van der Waals surface area contributed by atoms with Crippen LogP contribution in [0.2, 0.25) is 0 Å². The fourth-order valence-corrected chi connectivity index (χ4v) is 1.46. The van der Waals surface area contributed by atoms with E-state index >= 15 is 0 Å². The summed E-state index contributed by atoms with van der Waals surface area (Å²) < 4.78 is 18.6. The molecule has 6 heteroatoms. The largest absolute Gasteiger partial charge is 0.444 e. The van der Waals surface area contributed by atoms with Crippen molar-refractivity contribution in [2.45, 2.75) is 26.4 Å². The smallest absolute Gasteiger partial charge is 0.407 e. The predicted molar refractivity (Wildman–Crippen MR) is 73.8 cm³/mol. The summed E-state index contributed by atoms with van der Waals surface area (Å²) in [5, 5.41) is 14.2. The fourth-order valence-electron chi connectivity index (χ4n) is 1.46. The van der Waals surface area contributed by atoms with Crippen LogP contribution >= 0.6 is 0 Å². The van der Waals surface area contributed by atoms with Crippen molar-refractivity contribution in [1.82, 2.24) is 5.32 Å². The molecule has 2 N–H and O–H groups in total. The van der Waals surface area contributed by atoms with Gasteiger partial charge in [-0.05, 0) is 32.9 Å². The van der Waals surface area contributed by atoms with Gasteiger partial charge < -0.3 is 15.4 Å². The lowest BCUT2D eigenvalue weighted by Crippen LogP contribution is -2.35. The predicted octanol–water partition coefficient (Wildman–Crippen LogP) is 2.63. The summed E-state index contributed by atoms with van der Waals surface area (Å²) in [6.07, 6.45) is -0.534. The molecule has 0 bridgehead atoms. The van der Waals surface area contributed by atoms with Crippen LogP contribution < -0.4 is 10.6 Å². The molecule has 0 atom stereocenters. The van der Waals surface area contributed by atoms with Gasteiger partial charge in [-0.1, -0.05) is 6.07 Å². The van der Waals surface area contributed by atoms with Crippen LogP contribution in [0.1, 0.15) is 26.3 Å². The van der Waals surface area contributed by atoms with Crippen LogP contribution in [0, 0.1) is 17.1 Å². The number of nitrogens with zero attached hydrogens (tertiary/aromatic N) is 1. The van der Waals surface area contributed by atoms with E-state index in [2.05, 4.69) is 10.6 Å². The van der Waals surface area contributed by atoms with Crippen LogP contribution in [0.25, 0.3) is 0 Å². The van der Waals surface area contributed by atoms with Crippen LogP contribution in [0.4, 0.5) is 14.9 Å². The molecule has 0 spiro atoms. The first-order valence-corrected chi connectivity index (χ1v) is 6.23. The molecule has 0 saturated heterocycles. The zero-order valence-corrected chi connectivity index (χ0v) is 11.8. The van der Waals surface area contributed by atoms with E-state index in [0.717, 1.165) is 0 Å². The molecule has 0 saturated carbocycles. The van der Waals surface area contributed by atoms with Gasteiger partial charge >= 0.3 is 6.09 Å². The zero-order valence-electron chi connectivity index (χ0n) is 11.8. The van der Waals surface area contributed by atoms with E-state index in [1.54, 1.807) is 20.8 Å². The van der Waals surface area contributed by atoms with Crippen LogP contribution in [-0.2, 0) is 4.74 Å². The molecule has 1 aromatic carbocycles. The van der Waals surface area contributed by atoms with Crippen molar-refractivity contribution in [1.29, 1.82) is 5.26 Å². The Hall–Kier alpha value is -2.29. The standard InChI is InChI=1S/C14H18FN3O2/c1-14(2,3)20-13(19)18-8-7-17-12-10(9-16)5-4-6-11(12)15/h4-6,17H,7-8H2,1-3H3,(H,18,19). The van der Waals surface area contributed by atoms with Gasteiger partial charge in [0.15, 0.2) is 0 Å². The maximum Gasteiger partial charge on any atom is 0.407 e. The molecule has 0 radical (unpaired) electrons. The Morgan fingerprint density at radius 2 is 2.10 bits per heavy atom. The second-order valence-electron chi connectivity index (χ2n) is 5.13. The number of ether oxygens (including phenoxy) is 1. The average Bonchev–Trinajstić information content (AvgIpc) is 2.33. The van der Waals surface area contributed by atoms with E-state index < -0.39 is 17.5 Å². The first kappa shape index (κ1) is 15.8. The summed E-state index contributed by atoms with van der Waals surface area (Å²) in [7, 11) is 0. The molecule has 5 nitrogen and oxygen atoms in total. The molecule has 0 aliphatic carbocycles. The summed E-state index contributed by atoms with van der Waals surface area (Å²) >= 11 is 0. The molecule has 0 unspecified atom stereocenters. The highest BCUT2D eigenvalue weighted by Gasteiger charge is 2.15. The van der Waals surface area contributed by atoms with E-state index in [-0.39, 0.29) is 24.3 Å². The molecule has 20 heavy (non-hydrogen) atoms. The lowest BCUT2D eigenvalue weighted by atomic mass is 10.2. The summed E-state index contributed by atoms with van der Waals surface area (Å²) in [6, 6.07) is 6.16. The third-order valence-electron chi connectivity index (χ3n) is 2.23. The van der Waals surface area contributed by atoms with E-state index in [0.29, 0.717) is 0 Å². The number of halogens is 1. The van der Waals surface area contributed by atoms with Crippen molar-refractivity contribution in [3.63, 3.8) is 0 Å². The first-order chi connectivity index (χ1) is 9.33. The van der Waals surface area contributed by atoms with Gasteiger partial charge in [0.1, 0.15) is 17.5 Å². The highest BCUT2D eigenvalue weighted by atomic mass is 19.1. The van der Waals surface area contributed by atoms with Crippen molar-refractivity contribution in [2.24, 2.45) is 0 Å². The second kappa shape index (κ2) is 6.75. The number of hydrogen-bond donors (Lipinski definition) is 2. The normalized spacial score (nSPS) is 10.6. The maximum atomic E-state index is 13.5. The lowest BCUT2D eigenvalue weighted by Gasteiger charge is -2.19. The third kappa shape index (κ3) is 5.14. The number of para-hydroxylation sites is 1. The number of nitriles is 1. The van der Waals surface area contributed by atoms with Gasteiger partial charge in [-0.15, -0.1) is 0 Å². The summed E-state index contributed by atoms with van der Waals surface area (Å²) in [5.74, 6) is -0.499. The Labute approximate surface area is 117 Å². The monoisotopic (exact) mass is 279 g/mol. The molecule has 1 rings (SSSR count). The van der Waals surface area contributed by atoms with Crippen molar-refractivity contribution in [3.05, 3.63) is 29.6 Å². The number of alkyl carbamates (subject to hydrolysis) is 1. The molecule has 0 aliphatic rings. The average molecular weight is 279 g/mol. The Morgan fingerprint density at radius 1 is 1.40 bits per heavy atom. The summed E-state index contributed by atoms with van der Waals surface area (Å²) in [6.45, 7) is 5.85. The van der Waals surface area contributed by atoms with E-state index in [9.17, 15) is 9.18 Å². The SMILES string of the molecule is CC(C)(C)OC(=O)NCCNc1c(F)cccc1C#N. The first-order valence-electron chi connectivity index (χ1n) is 6.23. The number of hydrogen-bond acceptors (Lipinski definition) is 4. The number of nitrogens with one attached hydrogen (secondary N) is 2. The maximum absolute atomic E-state index is 13.5. The molecule has 108 valence electrons. The molecule has 0 aromatic heterocycles. The number of carbonyl (C=O) groups is 1. The van der Waals surface area contributed by atoms with Crippen molar-refractivity contribution >= 4 is 11.8 Å². The Bertz CT molecular complexity index is 518. The zero-order chi connectivity index (χ0) is 15.2. The summed E-state index contributed by atoms with van der Waals surface area (Å²) in [4.78, 5) is 11.4. The molecule has 0 fully saturated rings. The minimum Gasteiger partial charge on any atom is -0.444 e. The van der Waals surface area contributed by atoms with Gasteiger partial charge in [-0.3, -0.25) is 0 Å². The molecule has 0 heterocycles. The quantitative estimate of drug-likeness (QED) is 0.831. The summed E-state index contributed by atoms with van der Waals surface area (Å²) in [5.41, 5.74) is -0.194. The molecule has 1 aromatic rings. The number of amides is 1. The topological polar surface area (TPSA) is 74.2 Å². The van der Waals surface area contributed by atoms with Gasteiger partial charge in [-0.25, -0.2) is 9.18 Å². The molecule has 0 aliphatic heterocycles. The van der Waals surface area contributed by atoms with Crippen molar-refractivity contribution in [3.8, 4) is 6.07 Å². The number of carbonyl (C=O) groups excluding carboxylic acids is 1. The Balaban J connectivity index is 2.43. The minimum absolute atomic E-state index is 0.140. The van der Waals surface area contributed by atoms with E-state index in [1.165, 1.54) is 18.2 Å². The van der Waals surface area contributed by atoms with E-state index in [4.69, 9.17) is 10.00 Å². The van der Waals surface area contributed by atoms with Gasteiger partial charge in [0.25, 0.3) is 0 Å². The highest BCUT2D eigenvalue weighted by Crippen LogP contribution is 2.18. The van der Waals surface area contributed by atoms with Crippen molar-refractivity contribution < 1.29 is 13.9 Å². The molecular formula is C14H18FN3O2. The van der Waals surface area contributed by atoms with Crippen LogP contribution in [-0.4, -0.2) is 24.8 Å². The number of anilines is 1. The van der Waals surface area contributed by atoms with Crippen molar-refractivity contribution in [2.75, 3.05) is 18.4 Å². The lowest BCUT2D eigenvalue weighted by molar-refractivity contribution is 0.0530. The number of benzene rings is 1.